The molecule has 176 valence electrons. The Kier molecular flexibility index (Phi) is 8.76. The van der Waals surface area contributed by atoms with Crippen LogP contribution < -0.4 is 10.5 Å². The predicted octanol–water partition coefficient (Wildman–Crippen LogP) is 2.56. The maximum absolute atomic E-state index is 13.3. The number of primary sulfonamides is 1. The molecule has 1 aliphatic carbocycles. The Morgan fingerprint density at radius 1 is 1.35 bits per heavy atom. The van der Waals surface area contributed by atoms with Crippen molar-refractivity contribution in [1.82, 2.24) is 10.2 Å². The monoisotopic (exact) mass is 473 g/mol. The van der Waals surface area contributed by atoms with E-state index in [0.29, 0.717) is 19.0 Å². The van der Waals surface area contributed by atoms with E-state index < -0.39 is 16.1 Å². The standard InChI is InChI=1S/C22H36ClN3O4S/c1-15(2)20(25-19(27)6-5-13-31(24,29)30)21(28)26-12-11-18(22(3,4)14-26)16-7-9-17(23)10-8-16/h7-9,15,17-18,20H,5-6,10-14H2,1-4H3,(H,25,27)(H2,24,29,30)/t17?,18-,20-/m1/s1. The van der Waals surface area contributed by atoms with E-state index in [1.807, 2.05) is 24.8 Å². The number of hydrogen-bond acceptors (Lipinski definition) is 4. The molecule has 0 aromatic rings. The molecule has 1 fully saturated rings. The van der Waals surface area contributed by atoms with E-state index in [1.165, 1.54) is 5.57 Å². The number of hydrogen-bond donors (Lipinski definition) is 2. The Hall–Kier alpha value is -1.38. The Bertz CT molecular complexity index is 836. The average Bonchev–Trinajstić information content (AvgIpc) is 2.64. The van der Waals surface area contributed by atoms with Gasteiger partial charge in [0, 0.05) is 19.5 Å². The van der Waals surface area contributed by atoms with Gasteiger partial charge in [-0.05, 0) is 42.1 Å². The van der Waals surface area contributed by atoms with Crippen molar-refractivity contribution in [3.63, 3.8) is 0 Å². The maximum Gasteiger partial charge on any atom is 0.245 e. The minimum atomic E-state index is -3.60. The summed E-state index contributed by atoms with van der Waals surface area (Å²) in [5.41, 5.74) is 1.18. The first-order valence-corrected chi connectivity index (χ1v) is 13.1. The summed E-state index contributed by atoms with van der Waals surface area (Å²) in [7, 11) is -3.60. The number of carbonyl (C=O) groups excluding carboxylic acids is 2. The van der Waals surface area contributed by atoms with Gasteiger partial charge in [-0.15, -0.1) is 11.6 Å². The Labute approximate surface area is 191 Å². The van der Waals surface area contributed by atoms with Crippen LogP contribution in [0.1, 0.15) is 53.4 Å². The number of allylic oxidation sites excluding steroid dienone is 4. The van der Waals surface area contributed by atoms with Crippen LogP contribution in [0.15, 0.2) is 23.8 Å². The zero-order valence-electron chi connectivity index (χ0n) is 18.9. The summed E-state index contributed by atoms with van der Waals surface area (Å²) in [6, 6.07) is -0.639. The molecule has 2 amide bonds. The number of rotatable bonds is 8. The summed E-state index contributed by atoms with van der Waals surface area (Å²) in [5, 5.41) is 7.83. The van der Waals surface area contributed by atoms with Gasteiger partial charge in [0.25, 0.3) is 0 Å². The van der Waals surface area contributed by atoms with Crippen LogP contribution in [0.4, 0.5) is 0 Å². The number of nitrogens with one attached hydrogen (secondary N) is 1. The molecule has 9 heteroatoms. The highest BCUT2D eigenvalue weighted by Crippen LogP contribution is 2.41. The molecule has 0 radical (unpaired) electrons. The Balaban J connectivity index is 2.00. The highest BCUT2D eigenvalue weighted by atomic mass is 35.5. The van der Waals surface area contributed by atoms with E-state index in [1.54, 1.807) is 0 Å². The molecular formula is C22H36ClN3O4S. The van der Waals surface area contributed by atoms with Crippen LogP contribution in [0.3, 0.4) is 0 Å². The third-order valence-electron chi connectivity index (χ3n) is 6.10. The molecule has 1 heterocycles. The summed E-state index contributed by atoms with van der Waals surface area (Å²) in [4.78, 5) is 27.4. The lowest BCUT2D eigenvalue weighted by atomic mass is 9.69. The highest BCUT2D eigenvalue weighted by Gasteiger charge is 2.41. The predicted molar refractivity (Wildman–Crippen MR) is 124 cm³/mol. The van der Waals surface area contributed by atoms with E-state index in [4.69, 9.17) is 16.7 Å². The molecule has 0 spiro atoms. The molecule has 2 rings (SSSR count). The number of halogens is 1. The molecule has 3 atom stereocenters. The normalized spacial score (nSPS) is 24.6. The quantitative estimate of drug-likeness (QED) is 0.528. The van der Waals surface area contributed by atoms with Gasteiger partial charge < -0.3 is 10.2 Å². The number of nitrogens with zero attached hydrogens (tertiary/aromatic N) is 1. The van der Waals surface area contributed by atoms with Gasteiger partial charge in [-0.25, -0.2) is 13.6 Å². The molecule has 0 aromatic heterocycles. The number of amides is 2. The Morgan fingerprint density at radius 3 is 2.55 bits per heavy atom. The van der Waals surface area contributed by atoms with Gasteiger partial charge in [0.1, 0.15) is 6.04 Å². The molecule has 3 N–H and O–H groups in total. The fourth-order valence-electron chi connectivity index (χ4n) is 4.42. The van der Waals surface area contributed by atoms with Crippen molar-refractivity contribution in [2.45, 2.75) is 64.8 Å². The number of nitrogens with two attached hydrogens (primary N) is 1. The van der Waals surface area contributed by atoms with E-state index >= 15 is 0 Å². The van der Waals surface area contributed by atoms with E-state index in [-0.39, 0.29) is 47.1 Å². The summed E-state index contributed by atoms with van der Waals surface area (Å²) in [5.74, 6) is -0.410. The zero-order chi connectivity index (χ0) is 23.4. The molecule has 7 nitrogen and oxygen atoms in total. The van der Waals surface area contributed by atoms with Gasteiger partial charge in [-0.3, -0.25) is 9.59 Å². The van der Waals surface area contributed by atoms with E-state index in [0.717, 1.165) is 12.8 Å². The number of likely N-dealkylation sites (tertiary alicyclic amines) is 1. The minimum Gasteiger partial charge on any atom is -0.344 e. The molecule has 0 bridgehead atoms. The van der Waals surface area contributed by atoms with E-state index in [9.17, 15) is 18.0 Å². The lowest BCUT2D eigenvalue weighted by Gasteiger charge is -2.46. The second-order valence-electron chi connectivity index (χ2n) is 9.66. The van der Waals surface area contributed by atoms with Crippen molar-refractivity contribution >= 4 is 33.4 Å². The highest BCUT2D eigenvalue weighted by molar-refractivity contribution is 7.89. The molecule has 2 aliphatic rings. The fraction of sp³-hybridized carbons (Fsp3) is 0.727. The van der Waals surface area contributed by atoms with Crippen molar-refractivity contribution < 1.29 is 18.0 Å². The van der Waals surface area contributed by atoms with Crippen LogP contribution in [0, 0.1) is 17.3 Å². The number of sulfonamides is 1. The fourth-order valence-corrected chi connectivity index (χ4v) is 5.13. The molecule has 1 aliphatic heterocycles. The van der Waals surface area contributed by atoms with Crippen molar-refractivity contribution in [2.75, 3.05) is 18.8 Å². The van der Waals surface area contributed by atoms with Crippen molar-refractivity contribution in [1.29, 1.82) is 0 Å². The van der Waals surface area contributed by atoms with Crippen LogP contribution >= 0.6 is 11.6 Å². The third-order valence-corrected chi connectivity index (χ3v) is 7.28. The van der Waals surface area contributed by atoms with Gasteiger partial charge >= 0.3 is 0 Å². The van der Waals surface area contributed by atoms with Crippen molar-refractivity contribution in [3.05, 3.63) is 23.8 Å². The van der Waals surface area contributed by atoms with Gasteiger partial charge in [0.2, 0.25) is 21.8 Å². The first-order valence-electron chi connectivity index (χ1n) is 10.9. The lowest BCUT2D eigenvalue weighted by molar-refractivity contribution is -0.141. The van der Waals surface area contributed by atoms with Crippen LogP contribution in [-0.2, 0) is 19.6 Å². The summed E-state index contributed by atoms with van der Waals surface area (Å²) >= 11 is 6.16. The number of alkyl halides is 1. The van der Waals surface area contributed by atoms with Crippen LogP contribution in [0.25, 0.3) is 0 Å². The topological polar surface area (TPSA) is 110 Å². The summed E-state index contributed by atoms with van der Waals surface area (Å²) in [6.45, 7) is 9.38. The van der Waals surface area contributed by atoms with Crippen LogP contribution in [-0.4, -0.2) is 55.4 Å². The van der Waals surface area contributed by atoms with Gasteiger partial charge in [-0.2, -0.15) is 0 Å². The van der Waals surface area contributed by atoms with Crippen molar-refractivity contribution in [2.24, 2.45) is 22.4 Å². The smallest absolute Gasteiger partial charge is 0.245 e. The van der Waals surface area contributed by atoms with Crippen LogP contribution in [0.5, 0.6) is 0 Å². The van der Waals surface area contributed by atoms with Crippen LogP contribution in [0.2, 0.25) is 0 Å². The second kappa shape index (κ2) is 10.5. The number of piperidine rings is 1. The largest absolute Gasteiger partial charge is 0.344 e. The molecule has 31 heavy (non-hydrogen) atoms. The first-order chi connectivity index (χ1) is 14.3. The summed E-state index contributed by atoms with van der Waals surface area (Å²) in [6.07, 6.45) is 8.19. The first kappa shape index (κ1) is 25.9. The molecule has 1 unspecified atom stereocenters. The lowest BCUT2D eigenvalue weighted by Crippen LogP contribution is -2.56. The SMILES string of the molecule is CC(C)[C@@H](NC(=O)CCCS(N)(=O)=O)C(=O)N1CC[C@H](C2=CCC(Cl)C=C2)C(C)(C)C1. The molecule has 1 saturated heterocycles. The van der Waals surface area contributed by atoms with Gasteiger partial charge in [0.15, 0.2) is 0 Å². The van der Waals surface area contributed by atoms with E-state index in [2.05, 4.69) is 31.3 Å². The molecular weight excluding hydrogens is 438 g/mol. The van der Waals surface area contributed by atoms with Gasteiger partial charge in [-0.1, -0.05) is 45.9 Å². The summed E-state index contributed by atoms with van der Waals surface area (Å²) < 4.78 is 22.1. The zero-order valence-corrected chi connectivity index (χ0v) is 20.5. The maximum atomic E-state index is 13.3. The number of carbonyl (C=O) groups is 2. The third kappa shape index (κ3) is 7.61. The van der Waals surface area contributed by atoms with Gasteiger partial charge in [0.05, 0.1) is 11.1 Å². The average molecular weight is 474 g/mol. The molecule has 0 saturated carbocycles. The van der Waals surface area contributed by atoms with Crippen molar-refractivity contribution in [3.8, 4) is 0 Å². The minimum absolute atomic E-state index is 0.0164. The molecule has 0 aromatic carbocycles. The second-order valence-corrected chi connectivity index (χ2v) is 12.0. The Morgan fingerprint density at radius 2 is 2.03 bits per heavy atom.